The Bertz CT molecular complexity index is 1030. The Hall–Kier alpha value is -3.42. The first kappa shape index (κ1) is 18.4. The van der Waals surface area contributed by atoms with Crippen LogP contribution >= 0.6 is 0 Å². The van der Waals surface area contributed by atoms with Crippen LogP contribution in [0.1, 0.15) is 18.5 Å². The zero-order valence-electron chi connectivity index (χ0n) is 15.3. The van der Waals surface area contributed by atoms with E-state index >= 15 is 0 Å². The van der Waals surface area contributed by atoms with Gasteiger partial charge in [-0.15, -0.1) is 5.10 Å². The molecule has 3 rings (SSSR count). The van der Waals surface area contributed by atoms with Crippen molar-refractivity contribution in [3.63, 3.8) is 0 Å². The highest BCUT2D eigenvalue weighted by Crippen LogP contribution is 2.29. The number of ether oxygens (including phenoxy) is 2. The molecule has 0 saturated heterocycles. The predicted molar refractivity (Wildman–Crippen MR) is 99.9 cm³/mol. The third kappa shape index (κ3) is 3.89. The van der Waals surface area contributed by atoms with Crippen molar-refractivity contribution < 1.29 is 14.3 Å². The molecule has 0 aliphatic rings. The lowest BCUT2D eigenvalue weighted by molar-refractivity contribution is -0.122. The van der Waals surface area contributed by atoms with E-state index in [1.807, 2.05) is 13.0 Å². The van der Waals surface area contributed by atoms with E-state index in [1.165, 1.54) is 0 Å². The van der Waals surface area contributed by atoms with Crippen LogP contribution in [-0.4, -0.2) is 35.1 Å². The Balaban J connectivity index is 1.76. The van der Waals surface area contributed by atoms with Crippen molar-refractivity contribution in [2.75, 3.05) is 14.2 Å². The molecule has 0 bridgehead atoms. The van der Waals surface area contributed by atoms with Crippen molar-refractivity contribution in [1.29, 1.82) is 0 Å². The quantitative estimate of drug-likeness (QED) is 0.711. The summed E-state index contributed by atoms with van der Waals surface area (Å²) in [5.41, 5.74) is 0.935. The fourth-order valence-corrected chi connectivity index (χ4v) is 2.80. The van der Waals surface area contributed by atoms with E-state index in [4.69, 9.17) is 9.47 Å². The summed E-state index contributed by atoms with van der Waals surface area (Å²) in [4.78, 5) is 24.8. The smallest absolute Gasteiger partial charge is 0.278 e. The molecule has 8 heteroatoms. The van der Waals surface area contributed by atoms with E-state index in [2.05, 4.69) is 15.6 Å². The molecule has 27 heavy (non-hydrogen) atoms. The van der Waals surface area contributed by atoms with E-state index in [0.29, 0.717) is 22.4 Å². The second kappa shape index (κ2) is 7.86. The van der Waals surface area contributed by atoms with Gasteiger partial charge in [0, 0.05) is 11.6 Å². The number of fused-ring (bicyclic) bond motifs is 1. The molecule has 0 radical (unpaired) electrons. The van der Waals surface area contributed by atoms with Crippen LogP contribution in [0.25, 0.3) is 10.9 Å². The van der Waals surface area contributed by atoms with E-state index in [9.17, 15) is 9.59 Å². The van der Waals surface area contributed by atoms with Crippen LogP contribution < -0.4 is 20.3 Å². The fraction of sp³-hybridized carbons (Fsp3) is 0.263. The summed E-state index contributed by atoms with van der Waals surface area (Å²) < 4.78 is 11.6. The van der Waals surface area contributed by atoms with Crippen LogP contribution in [0, 0.1) is 0 Å². The Kier molecular flexibility index (Phi) is 5.35. The minimum atomic E-state index is -0.356. The topological polar surface area (TPSA) is 95.3 Å². The fourth-order valence-electron chi connectivity index (χ4n) is 2.80. The normalized spacial score (nSPS) is 11.8. The Morgan fingerprint density at radius 3 is 2.70 bits per heavy atom. The number of carbonyl (C=O) groups is 1. The Morgan fingerprint density at radius 1 is 1.19 bits per heavy atom. The zero-order chi connectivity index (χ0) is 19.4. The van der Waals surface area contributed by atoms with Crippen LogP contribution in [0.3, 0.4) is 0 Å². The monoisotopic (exact) mass is 368 g/mol. The van der Waals surface area contributed by atoms with Gasteiger partial charge in [0.05, 0.1) is 25.6 Å². The number of aromatic nitrogens is 3. The van der Waals surface area contributed by atoms with Crippen molar-refractivity contribution in [3.8, 4) is 11.5 Å². The summed E-state index contributed by atoms with van der Waals surface area (Å²) in [5, 5.41) is 11.1. The van der Waals surface area contributed by atoms with Gasteiger partial charge in [0.1, 0.15) is 23.6 Å². The molecule has 1 atom stereocenters. The van der Waals surface area contributed by atoms with E-state index < -0.39 is 0 Å². The van der Waals surface area contributed by atoms with Crippen molar-refractivity contribution in [2.24, 2.45) is 0 Å². The molecule has 2 aromatic carbocycles. The summed E-state index contributed by atoms with van der Waals surface area (Å²) in [6, 6.07) is 11.9. The van der Waals surface area contributed by atoms with Crippen molar-refractivity contribution in [3.05, 3.63) is 58.4 Å². The maximum atomic E-state index is 12.4. The number of nitrogens with zero attached hydrogens (tertiary/aromatic N) is 3. The zero-order valence-corrected chi connectivity index (χ0v) is 15.3. The minimum Gasteiger partial charge on any atom is -0.497 e. The van der Waals surface area contributed by atoms with E-state index in [0.717, 1.165) is 10.2 Å². The molecule has 1 amide bonds. The van der Waals surface area contributed by atoms with Crippen molar-refractivity contribution >= 4 is 16.8 Å². The lowest BCUT2D eigenvalue weighted by Crippen LogP contribution is -2.35. The average Bonchev–Trinajstić information content (AvgIpc) is 2.69. The molecule has 0 spiro atoms. The predicted octanol–water partition coefficient (Wildman–Crippen LogP) is 1.69. The number of rotatable bonds is 6. The van der Waals surface area contributed by atoms with Gasteiger partial charge in [0.15, 0.2) is 0 Å². The Labute approximate surface area is 155 Å². The van der Waals surface area contributed by atoms with E-state index in [1.54, 1.807) is 50.6 Å². The summed E-state index contributed by atoms with van der Waals surface area (Å²) in [6.07, 6.45) is 0. The van der Waals surface area contributed by atoms with Gasteiger partial charge >= 0.3 is 0 Å². The summed E-state index contributed by atoms with van der Waals surface area (Å²) in [7, 11) is 3.12. The first-order chi connectivity index (χ1) is 13.0. The molecule has 0 aliphatic heterocycles. The molecule has 1 heterocycles. The second-order valence-electron chi connectivity index (χ2n) is 5.97. The number of amides is 1. The molecule has 8 nitrogen and oxygen atoms in total. The molecule has 0 fully saturated rings. The van der Waals surface area contributed by atoms with Crippen LogP contribution in [-0.2, 0) is 11.3 Å². The van der Waals surface area contributed by atoms with Gasteiger partial charge in [-0.25, -0.2) is 4.68 Å². The van der Waals surface area contributed by atoms with Gasteiger partial charge in [0.2, 0.25) is 5.91 Å². The molecule has 1 aromatic heterocycles. The highest BCUT2D eigenvalue weighted by molar-refractivity contribution is 5.78. The maximum Gasteiger partial charge on any atom is 0.278 e. The minimum absolute atomic E-state index is 0.223. The van der Waals surface area contributed by atoms with Gasteiger partial charge < -0.3 is 14.8 Å². The summed E-state index contributed by atoms with van der Waals surface area (Å²) in [5.74, 6) is 0.906. The lowest BCUT2D eigenvalue weighted by atomic mass is 10.1. The number of methoxy groups -OCH3 is 2. The van der Waals surface area contributed by atoms with Crippen molar-refractivity contribution in [1.82, 2.24) is 20.3 Å². The first-order valence-electron chi connectivity index (χ1n) is 8.37. The SMILES string of the molecule is COc1ccc(C(C)NC(=O)Cn2nnc3ccccc3c2=O)c(OC)c1. The number of nitrogens with one attached hydrogen (secondary N) is 1. The largest absolute Gasteiger partial charge is 0.497 e. The maximum absolute atomic E-state index is 12.4. The first-order valence-corrected chi connectivity index (χ1v) is 8.37. The van der Waals surface area contributed by atoms with Crippen LogP contribution in [0.4, 0.5) is 0 Å². The number of benzene rings is 2. The van der Waals surface area contributed by atoms with E-state index in [-0.39, 0.29) is 24.1 Å². The second-order valence-corrected chi connectivity index (χ2v) is 5.97. The van der Waals surface area contributed by atoms with Gasteiger partial charge in [-0.1, -0.05) is 17.3 Å². The van der Waals surface area contributed by atoms with Crippen LogP contribution in [0.15, 0.2) is 47.3 Å². The molecule has 0 saturated carbocycles. The number of carbonyl (C=O) groups excluding carboxylic acids is 1. The number of hydrogen-bond acceptors (Lipinski definition) is 6. The lowest BCUT2D eigenvalue weighted by Gasteiger charge is -2.18. The average molecular weight is 368 g/mol. The van der Waals surface area contributed by atoms with Gasteiger partial charge in [-0.05, 0) is 31.2 Å². The van der Waals surface area contributed by atoms with Gasteiger partial charge in [-0.3, -0.25) is 9.59 Å². The highest BCUT2D eigenvalue weighted by atomic mass is 16.5. The number of hydrogen-bond donors (Lipinski definition) is 1. The van der Waals surface area contributed by atoms with Crippen LogP contribution in [0.2, 0.25) is 0 Å². The molecule has 1 N–H and O–H groups in total. The Morgan fingerprint density at radius 2 is 1.96 bits per heavy atom. The molecule has 3 aromatic rings. The molecular weight excluding hydrogens is 348 g/mol. The molecule has 1 unspecified atom stereocenters. The third-order valence-corrected chi connectivity index (χ3v) is 4.21. The van der Waals surface area contributed by atoms with Gasteiger partial charge in [-0.2, -0.15) is 0 Å². The molecular formula is C19H20N4O4. The van der Waals surface area contributed by atoms with Crippen LogP contribution in [0.5, 0.6) is 11.5 Å². The van der Waals surface area contributed by atoms with Gasteiger partial charge in [0.25, 0.3) is 5.56 Å². The van der Waals surface area contributed by atoms with Crippen molar-refractivity contribution in [2.45, 2.75) is 19.5 Å². The third-order valence-electron chi connectivity index (χ3n) is 4.21. The molecule has 140 valence electrons. The summed E-state index contributed by atoms with van der Waals surface area (Å²) in [6.45, 7) is 1.61. The molecule has 0 aliphatic carbocycles. The standard InChI is InChI=1S/C19H20N4O4/c1-12(14-9-8-13(26-2)10-17(14)27-3)20-18(24)11-23-19(25)15-6-4-5-7-16(15)21-22-23/h4-10,12H,11H2,1-3H3,(H,20,24). The summed E-state index contributed by atoms with van der Waals surface area (Å²) >= 11 is 0. The highest BCUT2D eigenvalue weighted by Gasteiger charge is 2.16.